The number of pyridine rings is 1. The van der Waals surface area contributed by atoms with E-state index in [1.165, 1.54) is 5.57 Å². The summed E-state index contributed by atoms with van der Waals surface area (Å²) in [5, 5.41) is 7.22. The van der Waals surface area contributed by atoms with Crippen molar-refractivity contribution in [1.29, 1.82) is 0 Å². The summed E-state index contributed by atoms with van der Waals surface area (Å²) < 4.78 is 0. The molecule has 2 heterocycles. The molecule has 0 saturated carbocycles. The van der Waals surface area contributed by atoms with Gasteiger partial charge in [0.1, 0.15) is 0 Å². The average Bonchev–Trinajstić information content (AvgIpc) is 2.93. The Morgan fingerprint density at radius 1 is 1.32 bits per heavy atom. The van der Waals surface area contributed by atoms with Crippen molar-refractivity contribution in [2.75, 3.05) is 5.32 Å². The van der Waals surface area contributed by atoms with Crippen LogP contribution in [0.5, 0.6) is 0 Å². The van der Waals surface area contributed by atoms with Gasteiger partial charge >= 0.3 is 0 Å². The van der Waals surface area contributed by atoms with Gasteiger partial charge in [0.2, 0.25) is 0 Å². The molecule has 0 saturated heterocycles. The summed E-state index contributed by atoms with van der Waals surface area (Å²) in [7, 11) is 2.72. The maximum atomic E-state index is 4.57. The second-order valence-electron chi connectivity index (χ2n) is 5.17. The molecule has 1 N–H and O–H groups in total. The van der Waals surface area contributed by atoms with Crippen LogP contribution in [0.25, 0.3) is 11.3 Å². The third-order valence-electron chi connectivity index (χ3n) is 3.02. The van der Waals surface area contributed by atoms with Crippen LogP contribution in [0.15, 0.2) is 59.0 Å². The van der Waals surface area contributed by atoms with Gasteiger partial charge in [-0.25, -0.2) is 4.98 Å². The van der Waals surface area contributed by atoms with E-state index in [4.69, 9.17) is 0 Å². The van der Waals surface area contributed by atoms with Crippen LogP contribution in [0.1, 0.15) is 19.5 Å². The third-order valence-corrected chi connectivity index (χ3v) is 4.55. The van der Waals surface area contributed by atoms with Crippen LogP contribution < -0.4 is 5.32 Å². The van der Waals surface area contributed by atoms with Gasteiger partial charge in [0.25, 0.3) is 0 Å². The smallest absolute Gasteiger partial charge is 0.187 e. The molecule has 3 nitrogen and oxygen atoms in total. The van der Waals surface area contributed by atoms with Gasteiger partial charge in [0.15, 0.2) is 5.13 Å². The Hall–Kier alpha value is -1.77. The Labute approximate surface area is 138 Å². The van der Waals surface area contributed by atoms with Crippen LogP contribution in [0.2, 0.25) is 0 Å². The van der Waals surface area contributed by atoms with E-state index >= 15 is 0 Å². The maximum Gasteiger partial charge on any atom is 0.187 e. The number of allylic oxidation sites excluding steroid dienone is 4. The SMILES string of the molecule is C=C(/C=C\C(P)=C(C)C)Nc1nc(-c2ccc(C)nc2)cs1. The van der Waals surface area contributed by atoms with Gasteiger partial charge in [-0.15, -0.1) is 20.6 Å². The van der Waals surface area contributed by atoms with Gasteiger partial charge in [-0.05, 0) is 44.3 Å². The van der Waals surface area contributed by atoms with Gasteiger partial charge < -0.3 is 5.32 Å². The van der Waals surface area contributed by atoms with Crippen LogP contribution >= 0.6 is 20.6 Å². The molecular weight excluding hydrogens is 309 g/mol. The van der Waals surface area contributed by atoms with Crippen LogP contribution in [0, 0.1) is 6.92 Å². The van der Waals surface area contributed by atoms with Crippen LogP contribution in [0.4, 0.5) is 5.13 Å². The molecule has 2 rings (SSSR count). The normalized spacial score (nSPS) is 10.7. The first-order valence-corrected chi connectivity index (χ1v) is 8.37. The highest BCUT2D eigenvalue weighted by Gasteiger charge is 2.05. The van der Waals surface area contributed by atoms with E-state index in [0.29, 0.717) is 0 Å². The lowest BCUT2D eigenvalue weighted by Gasteiger charge is -2.02. The largest absolute Gasteiger partial charge is 0.332 e. The monoisotopic (exact) mass is 329 g/mol. The molecule has 2 aromatic heterocycles. The summed E-state index contributed by atoms with van der Waals surface area (Å²) >= 11 is 1.56. The maximum absolute atomic E-state index is 4.57. The predicted octanol–water partition coefficient (Wildman–Crippen LogP) is 5.16. The fraction of sp³-hybridized carbons (Fsp3) is 0.176. The van der Waals surface area contributed by atoms with E-state index in [2.05, 4.69) is 45.0 Å². The van der Waals surface area contributed by atoms with Crippen LogP contribution in [0.3, 0.4) is 0 Å². The number of thiazole rings is 1. The van der Waals surface area contributed by atoms with Crippen LogP contribution in [-0.4, -0.2) is 9.97 Å². The second-order valence-corrected chi connectivity index (χ2v) is 6.65. The zero-order chi connectivity index (χ0) is 16.1. The zero-order valence-corrected chi connectivity index (χ0v) is 15.0. The Morgan fingerprint density at radius 3 is 2.73 bits per heavy atom. The molecular formula is C17H20N3PS. The second kappa shape index (κ2) is 7.48. The Balaban J connectivity index is 2.05. The van der Waals surface area contributed by atoms with Gasteiger partial charge in [0, 0.05) is 28.5 Å². The summed E-state index contributed by atoms with van der Waals surface area (Å²) in [6, 6.07) is 4.02. The molecule has 0 spiro atoms. The summed E-state index contributed by atoms with van der Waals surface area (Å²) in [5.41, 5.74) is 5.02. The van der Waals surface area contributed by atoms with E-state index in [1.807, 2.05) is 42.8 Å². The molecule has 0 aliphatic carbocycles. The summed E-state index contributed by atoms with van der Waals surface area (Å²) in [6.07, 6.45) is 5.82. The van der Waals surface area contributed by atoms with Crippen LogP contribution in [-0.2, 0) is 0 Å². The van der Waals surface area contributed by atoms with Crippen molar-refractivity contribution in [2.24, 2.45) is 0 Å². The van der Waals surface area contributed by atoms with E-state index in [-0.39, 0.29) is 0 Å². The van der Waals surface area contributed by atoms with Crippen molar-refractivity contribution in [1.82, 2.24) is 9.97 Å². The molecule has 22 heavy (non-hydrogen) atoms. The molecule has 0 fully saturated rings. The number of rotatable bonds is 5. The van der Waals surface area contributed by atoms with Crippen molar-refractivity contribution in [3.05, 3.63) is 64.7 Å². The zero-order valence-electron chi connectivity index (χ0n) is 13.1. The number of nitrogens with one attached hydrogen (secondary N) is 1. The molecule has 1 unspecified atom stereocenters. The van der Waals surface area contributed by atoms with Crippen molar-refractivity contribution >= 4 is 25.7 Å². The molecule has 0 aliphatic rings. The number of hydrogen-bond donors (Lipinski definition) is 1. The predicted molar refractivity (Wildman–Crippen MR) is 100 cm³/mol. The molecule has 1 atom stereocenters. The third kappa shape index (κ3) is 4.62. The lowest BCUT2D eigenvalue weighted by molar-refractivity contribution is 1.20. The fourth-order valence-electron chi connectivity index (χ4n) is 1.62. The first-order valence-electron chi connectivity index (χ1n) is 6.91. The highest BCUT2D eigenvalue weighted by molar-refractivity contribution is 7.23. The van der Waals surface area contributed by atoms with Crippen molar-refractivity contribution in [2.45, 2.75) is 20.8 Å². The van der Waals surface area contributed by atoms with Gasteiger partial charge in [-0.2, -0.15) is 0 Å². The van der Waals surface area contributed by atoms with Gasteiger partial charge in [0.05, 0.1) is 5.69 Å². The number of hydrogen-bond acceptors (Lipinski definition) is 4. The van der Waals surface area contributed by atoms with E-state index < -0.39 is 0 Å². The summed E-state index contributed by atoms with van der Waals surface area (Å²) in [4.78, 5) is 8.87. The number of aryl methyl sites for hydroxylation is 1. The molecule has 0 radical (unpaired) electrons. The van der Waals surface area contributed by atoms with Crippen molar-refractivity contribution in [3.8, 4) is 11.3 Å². The molecule has 0 aromatic carbocycles. The van der Waals surface area contributed by atoms with Gasteiger partial charge in [-0.3, -0.25) is 4.98 Å². The van der Waals surface area contributed by atoms with Crippen molar-refractivity contribution in [3.63, 3.8) is 0 Å². The first-order chi connectivity index (χ1) is 10.5. The van der Waals surface area contributed by atoms with E-state index in [0.717, 1.165) is 33.1 Å². The minimum atomic E-state index is 0.809. The van der Waals surface area contributed by atoms with Crippen molar-refractivity contribution < 1.29 is 0 Å². The lowest BCUT2D eigenvalue weighted by atomic mass is 10.2. The van der Waals surface area contributed by atoms with Gasteiger partial charge in [-0.1, -0.05) is 18.2 Å². The summed E-state index contributed by atoms with van der Waals surface area (Å²) in [5.74, 6) is 0. The average molecular weight is 329 g/mol. The minimum absolute atomic E-state index is 0.809. The molecule has 2 aromatic rings. The number of anilines is 1. The lowest BCUT2D eigenvalue weighted by Crippen LogP contribution is -1.94. The molecule has 5 heteroatoms. The Kier molecular flexibility index (Phi) is 5.64. The Morgan fingerprint density at radius 2 is 2.09 bits per heavy atom. The quantitative estimate of drug-likeness (QED) is 0.608. The number of nitrogens with zero attached hydrogens (tertiary/aromatic N) is 2. The summed E-state index contributed by atoms with van der Waals surface area (Å²) in [6.45, 7) is 10.1. The molecule has 0 amide bonds. The minimum Gasteiger partial charge on any atom is -0.332 e. The highest BCUT2D eigenvalue weighted by atomic mass is 32.1. The Bertz CT molecular complexity index is 723. The standard InChI is InChI=1S/C17H20N3PS/c1-11(2)16(21)8-6-13(4)19-17-20-15(10-22-17)14-7-5-12(3)18-9-14/h5-10H,4,21H2,1-3H3,(H,19,20)/b8-6-. The highest BCUT2D eigenvalue weighted by Crippen LogP contribution is 2.25. The fourth-order valence-corrected chi connectivity index (χ4v) is 2.47. The van der Waals surface area contributed by atoms with E-state index in [9.17, 15) is 0 Å². The topological polar surface area (TPSA) is 37.8 Å². The first kappa shape index (κ1) is 16.6. The molecule has 0 aliphatic heterocycles. The van der Waals surface area contributed by atoms with E-state index in [1.54, 1.807) is 11.3 Å². The molecule has 114 valence electrons. The number of aromatic nitrogens is 2. The molecule has 0 bridgehead atoms.